The van der Waals surface area contributed by atoms with E-state index >= 15 is 0 Å². The van der Waals surface area contributed by atoms with Gasteiger partial charge in [-0.15, -0.1) is 0 Å². The summed E-state index contributed by atoms with van der Waals surface area (Å²) in [6.07, 6.45) is 0. The Morgan fingerprint density at radius 1 is 1.00 bits per heavy atom. The Kier molecular flexibility index (Phi) is 3.26. The van der Waals surface area contributed by atoms with E-state index in [1.165, 1.54) is 6.92 Å². The topological polar surface area (TPSA) is 34.1 Å². The van der Waals surface area contributed by atoms with Crippen LogP contribution in [-0.4, -0.2) is 11.6 Å². The second-order valence-electron chi connectivity index (χ2n) is 3.93. The lowest BCUT2D eigenvalue weighted by Crippen LogP contribution is -1.89. The van der Waals surface area contributed by atoms with Crippen LogP contribution in [0.1, 0.15) is 34.3 Å². The van der Waals surface area contributed by atoms with E-state index in [1.807, 2.05) is 36.1 Å². The summed E-state index contributed by atoms with van der Waals surface area (Å²) in [5.41, 5.74) is 0.658. The third kappa shape index (κ3) is 2.37. The Morgan fingerprint density at radius 3 is 2.18 bits per heavy atom. The maximum Gasteiger partial charge on any atom is 0.164 e. The zero-order chi connectivity index (χ0) is 12.4. The molecule has 0 aliphatic rings. The van der Waals surface area contributed by atoms with Gasteiger partial charge in [-0.05, 0) is 31.0 Å². The van der Waals surface area contributed by atoms with Gasteiger partial charge in [-0.2, -0.15) is 0 Å². The fraction of sp³-hybridized carbons (Fsp3) is 0.143. The van der Waals surface area contributed by atoms with Crippen molar-refractivity contribution in [2.24, 2.45) is 0 Å². The quantitative estimate of drug-likeness (QED) is 0.763. The Balaban J connectivity index is 2.60. The SMILES string of the molecule is CC(=O)c1cc(C(C)=O)p(-c2ccccc2)c1. The summed E-state index contributed by atoms with van der Waals surface area (Å²) in [7, 11) is -0.786. The third-order valence-corrected chi connectivity index (χ3v) is 4.98. The van der Waals surface area contributed by atoms with Crippen LogP contribution < -0.4 is 0 Å². The summed E-state index contributed by atoms with van der Waals surface area (Å²) < 4.78 is 0. The van der Waals surface area contributed by atoms with E-state index in [-0.39, 0.29) is 11.6 Å². The number of benzene rings is 1. The van der Waals surface area contributed by atoms with Crippen LogP contribution in [0.5, 0.6) is 0 Å². The Morgan fingerprint density at radius 2 is 1.65 bits per heavy atom. The van der Waals surface area contributed by atoms with Crippen molar-refractivity contribution in [1.29, 1.82) is 0 Å². The molecular formula is C14H13O2P. The van der Waals surface area contributed by atoms with Crippen molar-refractivity contribution in [3.8, 4) is 5.30 Å². The first-order valence-corrected chi connectivity index (χ1v) is 6.80. The van der Waals surface area contributed by atoms with Gasteiger partial charge < -0.3 is 0 Å². The first kappa shape index (κ1) is 11.8. The lowest BCUT2D eigenvalue weighted by atomic mass is 10.2. The summed E-state index contributed by atoms with van der Waals surface area (Å²) in [5.74, 6) is 2.00. The van der Waals surface area contributed by atoms with E-state index in [0.717, 1.165) is 10.6 Å². The van der Waals surface area contributed by atoms with E-state index in [4.69, 9.17) is 0 Å². The number of rotatable bonds is 3. The molecule has 0 saturated heterocycles. The molecule has 0 saturated carbocycles. The molecule has 3 heteroatoms. The normalized spacial score (nSPS) is 11.3. The number of hydrogen-bond acceptors (Lipinski definition) is 2. The number of hydrogen-bond donors (Lipinski definition) is 0. The van der Waals surface area contributed by atoms with Crippen LogP contribution in [0.15, 0.2) is 42.2 Å². The first-order valence-electron chi connectivity index (χ1n) is 5.39. The lowest BCUT2D eigenvalue weighted by Gasteiger charge is -2.01. The van der Waals surface area contributed by atoms with Gasteiger partial charge in [-0.1, -0.05) is 37.9 Å². The highest BCUT2D eigenvalue weighted by molar-refractivity contribution is 7.58. The average Bonchev–Trinajstić information content (AvgIpc) is 2.75. The second-order valence-corrected chi connectivity index (χ2v) is 5.93. The van der Waals surface area contributed by atoms with Crippen molar-refractivity contribution in [1.82, 2.24) is 0 Å². The zero-order valence-electron chi connectivity index (χ0n) is 9.81. The molecular weight excluding hydrogens is 231 g/mol. The minimum Gasteiger partial charge on any atom is -0.294 e. The van der Waals surface area contributed by atoms with Crippen LogP contribution in [0, 0.1) is 0 Å². The van der Waals surface area contributed by atoms with Gasteiger partial charge in [0.1, 0.15) is 0 Å². The van der Waals surface area contributed by atoms with E-state index in [9.17, 15) is 9.59 Å². The molecule has 0 bridgehead atoms. The largest absolute Gasteiger partial charge is 0.294 e. The number of Topliss-reactive ketones (excluding diaryl/α,β-unsaturated/α-hetero) is 2. The van der Waals surface area contributed by atoms with Gasteiger partial charge in [0.15, 0.2) is 11.6 Å². The molecule has 1 unspecified atom stereocenters. The van der Waals surface area contributed by atoms with Crippen LogP contribution in [0.4, 0.5) is 0 Å². The van der Waals surface area contributed by atoms with E-state index in [0.29, 0.717) is 5.56 Å². The molecule has 0 amide bonds. The highest BCUT2D eigenvalue weighted by Gasteiger charge is 2.14. The molecule has 0 radical (unpaired) electrons. The fourth-order valence-corrected chi connectivity index (χ4v) is 3.94. The van der Waals surface area contributed by atoms with Crippen molar-refractivity contribution in [3.05, 3.63) is 53.1 Å². The highest BCUT2D eigenvalue weighted by atomic mass is 31.1. The van der Waals surface area contributed by atoms with Gasteiger partial charge in [0.2, 0.25) is 0 Å². The van der Waals surface area contributed by atoms with Crippen molar-refractivity contribution >= 4 is 19.1 Å². The zero-order valence-corrected chi connectivity index (χ0v) is 10.7. The van der Waals surface area contributed by atoms with Crippen LogP contribution in [0.2, 0.25) is 0 Å². The molecule has 0 aliphatic carbocycles. The van der Waals surface area contributed by atoms with E-state index in [2.05, 4.69) is 0 Å². The Bertz CT molecular complexity index is 567. The maximum absolute atomic E-state index is 11.6. The van der Waals surface area contributed by atoms with Crippen LogP contribution in [0.25, 0.3) is 5.30 Å². The molecule has 0 aliphatic heterocycles. The molecule has 1 aromatic carbocycles. The smallest absolute Gasteiger partial charge is 0.164 e. The predicted molar refractivity (Wildman–Crippen MR) is 70.5 cm³/mol. The van der Waals surface area contributed by atoms with Gasteiger partial charge in [0, 0.05) is 10.9 Å². The molecule has 0 fully saturated rings. The van der Waals surface area contributed by atoms with Crippen LogP contribution in [0.3, 0.4) is 0 Å². The molecule has 1 heterocycles. The average molecular weight is 244 g/mol. The molecule has 1 aromatic heterocycles. The number of carbonyl (C=O) groups is 2. The summed E-state index contributed by atoms with van der Waals surface area (Å²) in [4.78, 5) is 23.0. The molecule has 2 rings (SSSR count). The monoisotopic (exact) mass is 244 g/mol. The van der Waals surface area contributed by atoms with Crippen molar-refractivity contribution < 1.29 is 9.59 Å². The van der Waals surface area contributed by atoms with Gasteiger partial charge >= 0.3 is 0 Å². The second kappa shape index (κ2) is 4.68. The van der Waals surface area contributed by atoms with Crippen molar-refractivity contribution in [2.75, 3.05) is 0 Å². The maximum atomic E-state index is 11.6. The Labute approximate surface area is 101 Å². The van der Waals surface area contributed by atoms with Crippen LogP contribution in [-0.2, 0) is 0 Å². The molecule has 2 aromatic rings. The predicted octanol–water partition coefficient (Wildman–Crippen LogP) is 4.07. The highest BCUT2D eigenvalue weighted by Crippen LogP contribution is 2.45. The first-order chi connectivity index (χ1) is 8.09. The van der Waals surface area contributed by atoms with Gasteiger partial charge in [0.05, 0.1) is 0 Å². The number of carbonyl (C=O) groups excluding carboxylic acids is 2. The van der Waals surface area contributed by atoms with E-state index in [1.54, 1.807) is 13.0 Å². The standard InChI is InChI=1S/C14H13O2P/c1-10(15)12-8-14(11(2)16)17(9-12)13-6-4-3-5-7-13/h3-9H,1-2H3. The fourth-order valence-electron chi connectivity index (χ4n) is 1.73. The molecule has 0 spiro atoms. The van der Waals surface area contributed by atoms with Crippen molar-refractivity contribution in [2.45, 2.75) is 13.8 Å². The van der Waals surface area contributed by atoms with Crippen molar-refractivity contribution in [3.63, 3.8) is 0 Å². The summed E-state index contributed by atoms with van der Waals surface area (Å²) in [6, 6.07) is 11.6. The molecule has 2 nitrogen and oxygen atoms in total. The third-order valence-electron chi connectivity index (χ3n) is 2.62. The van der Waals surface area contributed by atoms with Gasteiger partial charge in [-0.3, -0.25) is 9.59 Å². The minimum absolute atomic E-state index is 0.0182. The van der Waals surface area contributed by atoms with E-state index < -0.39 is 7.53 Å². The summed E-state index contributed by atoms with van der Waals surface area (Å²) >= 11 is 0. The summed E-state index contributed by atoms with van der Waals surface area (Å²) in [5, 5.41) is 1.87. The minimum atomic E-state index is -0.786. The van der Waals surface area contributed by atoms with Gasteiger partial charge in [-0.25, -0.2) is 0 Å². The summed E-state index contributed by atoms with van der Waals surface area (Å²) in [6.45, 7) is 3.09. The Hall–Kier alpha value is -1.66. The lowest BCUT2D eigenvalue weighted by molar-refractivity contribution is 0.101. The molecule has 0 N–H and O–H groups in total. The molecule has 86 valence electrons. The molecule has 1 atom stereocenters. The number of ketones is 2. The van der Waals surface area contributed by atoms with Crippen LogP contribution >= 0.6 is 7.53 Å². The van der Waals surface area contributed by atoms with Gasteiger partial charge in [0.25, 0.3) is 0 Å². The molecule has 17 heavy (non-hydrogen) atoms.